The molecule has 0 aliphatic carbocycles. The van der Waals surface area contributed by atoms with Crippen molar-refractivity contribution in [1.29, 1.82) is 0 Å². The van der Waals surface area contributed by atoms with E-state index in [1.807, 2.05) is 18.2 Å². The highest BCUT2D eigenvalue weighted by atomic mass is 32.1. The third-order valence-electron chi connectivity index (χ3n) is 4.21. The Hall–Kier alpha value is -1.42. The van der Waals surface area contributed by atoms with Crippen molar-refractivity contribution in [3.05, 3.63) is 34.6 Å². The van der Waals surface area contributed by atoms with Crippen LogP contribution in [0.5, 0.6) is 0 Å². The van der Waals surface area contributed by atoms with Crippen molar-refractivity contribution in [2.75, 3.05) is 0 Å². The van der Waals surface area contributed by atoms with Crippen LogP contribution in [0.3, 0.4) is 0 Å². The normalized spacial score (nSPS) is 11.2. The van der Waals surface area contributed by atoms with Crippen molar-refractivity contribution in [3.8, 4) is 0 Å². The lowest BCUT2D eigenvalue weighted by Crippen LogP contribution is -2.20. The van der Waals surface area contributed by atoms with Gasteiger partial charge in [-0.3, -0.25) is 9.59 Å². The molecule has 1 aromatic carbocycles. The van der Waals surface area contributed by atoms with Gasteiger partial charge < -0.3 is 0 Å². The second-order valence-electron chi connectivity index (χ2n) is 6.16. The quantitative estimate of drug-likeness (QED) is 0.529. The van der Waals surface area contributed by atoms with E-state index in [9.17, 15) is 9.59 Å². The topological polar surface area (TPSA) is 39.1 Å². The number of carbonyl (C=O) groups is 1. The van der Waals surface area contributed by atoms with Gasteiger partial charge in [-0.15, -0.1) is 0 Å². The zero-order chi connectivity index (χ0) is 16.5. The molecule has 1 heterocycles. The van der Waals surface area contributed by atoms with Crippen molar-refractivity contribution in [1.82, 2.24) is 3.96 Å². The predicted molar refractivity (Wildman–Crippen MR) is 98.6 cm³/mol. The third kappa shape index (κ3) is 5.31. The maximum Gasteiger partial charge on any atom is 0.275 e. The zero-order valence-electron chi connectivity index (χ0n) is 14.1. The average Bonchev–Trinajstić information content (AvgIpc) is 2.90. The highest BCUT2D eigenvalue weighted by Gasteiger charge is 2.12. The number of benzene rings is 1. The summed E-state index contributed by atoms with van der Waals surface area (Å²) >= 11 is 1.27. The van der Waals surface area contributed by atoms with Gasteiger partial charge in [0.2, 0.25) is 5.91 Å². The molecule has 0 spiro atoms. The van der Waals surface area contributed by atoms with Crippen LogP contribution in [0, 0.1) is 0 Å². The molecule has 1 aromatic heterocycles. The molecule has 126 valence electrons. The van der Waals surface area contributed by atoms with Gasteiger partial charge in [-0.2, -0.15) is 3.96 Å². The summed E-state index contributed by atoms with van der Waals surface area (Å²) in [6.45, 7) is 2.24. The third-order valence-corrected chi connectivity index (χ3v) is 5.32. The van der Waals surface area contributed by atoms with Crippen molar-refractivity contribution < 1.29 is 4.79 Å². The number of hydrogen-bond donors (Lipinski definition) is 0. The SMILES string of the molecule is CCCCCCCCCCCC(=O)n1sc2ccccc2c1=O. The Kier molecular flexibility index (Phi) is 7.53. The number of rotatable bonds is 10. The van der Waals surface area contributed by atoms with Crippen molar-refractivity contribution in [2.24, 2.45) is 0 Å². The molecule has 4 heteroatoms. The van der Waals surface area contributed by atoms with E-state index in [0.717, 1.165) is 17.5 Å². The first-order chi connectivity index (χ1) is 11.2. The first-order valence-electron chi connectivity index (χ1n) is 8.88. The molecule has 0 radical (unpaired) electrons. The first-order valence-corrected chi connectivity index (χ1v) is 9.65. The summed E-state index contributed by atoms with van der Waals surface area (Å²) in [5, 5.41) is 0.651. The highest BCUT2D eigenvalue weighted by molar-refractivity contribution is 7.14. The van der Waals surface area contributed by atoms with E-state index in [4.69, 9.17) is 0 Å². The van der Waals surface area contributed by atoms with Crippen LogP contribution < -0.4 is 5.56 Å². The van der Waals surface area contributed by atoms with Gasteiger partial charge in [0, 0.05) is 6.42 Å². The summed E-state index contributed by atoms with van der Waals surface area (Å²) in [6, 6.07) is 7.42. The lowest BCUT2D eigenvalue weighted by atomic mass is 10.1. The number of unbranched alkanes of at least 4 members (excludes halogenated alkanes) is 8. The van der Waals surface area contributed by atoms with E-state index < -0.39 is 0 Å². The Morgan fingerprint density at radius 3 is 2.22 bits per heavy atom. The van der Waals surface area contributed by atoms with Crippen LogP contribution >= 0.6 is 11.5 Å². The van der Waals surface area contributed by atoms with E-state index in [1.54, 1.807) is 6.07 Å². The van der Waals surface area contributed by atoms with Gasteiger partial charge in [-0.05, 0) is 30.1 Å². The van der Waals surface area contributed by atoms with Gasteiger partial charge in [0.1, 0.15) is 0 Å². The Morgan fingerprint density at radius 2 is 1.57 bits per heavy atom. The molecule has 0 aliphatic rings. The van der Waals surface area contributed by atoms with E-state index in [2.05, 4.69) is 6.92 Å². The largest absolute Gasteiger partial charge is 0.275 e. The standard InChI is InChI=1S/C19H27NO2S/c1-2-3-4-5-6-7-8-9-10-15-18(21)20-19(22)16-13-11-12-14-17(16)23-20/h11-14H,2-10,15H2,1H3. The molecule has 0 unspecified atom stereocenters. The number of aromatic nitrogens is 1. The highest BCUT2D eigenvalue weighted by Crippen LogP contribution is 2.17. The molecular weight excluding hydrogens is 306 g/mol. The lowest BCUT2D eigenvalue weighted by Gasteiger charge is -2.02. The van der Waals surface area contributed by atoms with Crippen molar-refractivity contribution >= 4 is 27.5 Å². The summed E-state index contributed by atoms with van der Waals surface area (Å²) < 4.78 is 2.22. The Morgan fingerprint density at radius 1 is 0.957 bits per heavy atom. The van der Waals surface area contributed by atoms with Crippen LogP contribution in [0.15, 0.2) is 29.1 Å². The maximum atomic E-state index is 12.2. The van der Waals surface area contributed by atoms with Gasteiger partial charge in [-0.25, -0.2) is 0 Å². The number of hydrogen-bond acceptors (Lipinski definition) is 3. The molecule has 0 bridgehead atoms. The van der Waals surface area contributed by atoms with Gasteiger partial charge in [0.25, 0.3) is 5.56 Å². The van der Waals surface area contributed by atoms with Crippen LogP contribution in [0.4, 0.5) is 0 Å². The van der Waals surface area contributed by atoms with Gasteiger partial charge >= 0.3 is 0 Å². The summed E-state index contributed by atoms with van der Waals surface area (Å²) in [5.41, 5.74) is -0.161. The second-order valence-corrected chi connectivity index (χ2v) is 7.15. The monoisotopic (exact) mass is 333 g/mol. The summed E-state index contributed by atoms with van der Waals surface area (Å²) in [6.07, 6.45) is 11.5. The van der Waals surface area contributed by atoms with Crippen LogP contribution in [0.2, 0.25) is 0 Å². The molecule has 0 atom stereocenters. The molecule has 0 saturated heterocycles. The predicted octanol–water partition coefficient (Wildman–Crippen LogP) is 5.62. The fourth-order valence-electron chi connectivity index (χ4n) is 2.82. The van der Waals surface area contributed by atoms with Crippen LogP contribution in [0.25, 0.3) is 10.1 Å². The number of nitrogens with zero attached hydrogens (tertiary/aromatic N) is 1. The lowest BCUT2D eigenvalue weighted by molar-refractivity contribution is 0.0908. The summed E-state index contributed by atoms with van der Waals surface area (Å²) in [5.74, 6) is -0.0563. The molecule has 0 fully saturated rings. The Balaban J connectivity index is 1.69. The number of carbonyl (C=O) groups excluding carboxylic acids is 1. The van der Waals surface area contributed by atoms with Crippen molar-refractivity contribution in [2.45, 2.75) is 71.1 Å². The van der Waals surface area contributed by atoms with Gasteiger partial charge in [0.05, 0.1) is 10.1 Å². The van der Waals surface area contributed by atoms with E-state index >= 15 is 0 Å². The molecule has 0 amide bonds. The van der Waals surface area contributed by atoms with E-state index in [1.165, 1.54) is 60.4 Å². The number of fused-ring (bicyclic) bond motifs is 1. The second kappa shape index (κ2) is 9.66. The van der Waals surface area contributed by atoms with Crippen molar-refractivity contribution in [3.63, 3.8) is 0 Å². The Bertz CT molecular complexity index is 671. The average molecular weight is 333 g/mol. The molecule has 3 nitrogen and oxygen atoms in total. The molecule has 0 N–H and O–H groups in total. The maximum absolute atomic E-state index is 12.2. The van der Waals surface area contributed by atoms with Crippen LogP contribution in [-0.4, -0.2) is 9.86 Å². The minimum absolute atomic E-state index is 0.0563. The first kappa shape index (κ1) is 17.9. The van der Waals surface area contributed by atoms with Gasteiger partial charge in [-0.1, -0.05) is 70.4 Å². The van der Waals surface area contributed by atoms with Gasteiger partial charge in [0.15, 0.2) is 0 Å². The fourth-order valence-corrected chi connectivity index (χ4v) is 3.79. The van der Waals surface area contributed by atoms with Crippen LogP contribution in [-0.2, 0) is 0 Å². The zero-order valence-corrected chi connectivity index (χ0v) is 14.9. The fraction of sp³-hybridized carbons (Fsp3) is 0.579. The van der Waals surface area contributed by atoms with E-state index in [-0.39, 0.29) is 11.5 Å². The molecule has 2 aromatic rings. The molecule has 2 rings (SSSR count). The Labute approximate surface area is 142 Å². The molecule has 23 heavy (non-hydrogen) atoms. The molecular formula is C19H27NO2S. The van der Waals surface area contributed by atoms with Crippen LogP contribution in [0.1, 0.15) is 75.9 Å². The minimum Gasteiger partial charge on any atom is -0.273 e. The summed E-state index contributed by atoms with van der Waals surface area (Å²) in [4.78, 5) is 24.4. The minimum atomic E-state index is -0.161. The van der Waals surface area contributed by atoms with E-state index in [0.29, 0.717) is 11.8 Å². The molecule has 0 aliphatic heterocycles. The molecule has 0 saturated carbocycles. The smallest absolute Gasteiger partial charge is 0.273 e. The summed E-state index contributed by atoms with van der Waals surface area (Å²) in [7, 11) is 0.